The number of nitrogens with two attached hydrogens (primary N) is 1. The van der Waals surface area contributed by atoms with Crippen LogP contribution in [0.3, 0.4) is 0 Å². The molecule has 8 heteroatoms. The Bertz CT molecular complexity index is 440. The molecule has 0 aliphatic carbocycles. The number of aromatic nitrogens is 3. The zero-order valence-electron chi connectivity index (χ0n) is 10.4. The van der Waals surface area contributed by atoms with Gasteiger partial charge in [-0.2, -0.15) is 0 Å². The van der Waals surface area contributed by atoms with E-state index in [4.69, 9.17) is 10.8 Å². The van der Waals surface area contributed by atoms with Gasteiger partial charge in [-0.25, -0.2) is 4.68 Å². The summed E-state index contributed by atoms with van der Waals surface area (Å²) in [5.74, 6) is -1.29. The van der Waals surface area contributed by atoms with Crippen molar-refractivity contribution in [1.29, 1.82) is 0 Å². The molecule has 0 bridgehead atoms. The topological polar surface area (TPSA) is 123 Å². The Labute approximate surface area is 104 Å². The summed E-state index contributed by atoms with van der Waals surface area (Å²) in [5.41, 5.74) is 4.95. The summed E-state index contributed by atoms with van der Waals surface area (Å²) in [6, 6.07) is 0. The number of carboxylic acid groups (broad SMARTS) is 1. The highest BCUT2D eigenvalue weighted by Crippen LogP contribution is 2.12. The number of carboxylic acids is 1. The smallest absolute Gasteiger partial charge is 0.310 e. The Hall–Kier alpha value is -1.96. The van der Waals surface area contributed by atoms with Crippen molar-refractivity contribution < 1.29 is 14.7 Å². The fraction of sp³-hybridized carbons (Fsp3) is 0.600. The fourth-order valence-corrected chi connectivity index (χ4v) is 1.11. The van der Waals surface area contributed by atoms with Crippen LogP contribution >= 0.6 is 0 Å². The van der Waals surface area contributed by atoms with E-state index in [1.165, 1.54) is 18.5 Å². The second kappa shape index (κ2) is 5.58. The molecular formula is C10H17N5O3. The first-order chi connectivity index (χ1) is 8.35. The largest absolute Gasteiger partial charge is 0.481 e. The number of carbonyl (C=O) groups excluding carboxylic acids is 1. The number of carbonyl (C=O) groups is 2. The molecule has 0 unspecified atom stereocenters. The highest BCUT2D eigenvalue weighted by Gasteiger charge is 2.27. The van der Waals surface area contributed by atoms with Crippen molar-refractivity contribution in [3.05, 3.63) is 11.9 Å². The minimum atomic E-state index is -1.000. The van der Waals surface area contributed by atoms with E-state index in [9.17, 15) is 9.59 Å². The fourth-order valence-electron chi connectivity index (χ4n) is 1.11. The molecule has 100 valence electrons. The number of rotatable bonds is 6. The van der Waals surface area contributed by atoms with E-state index < -0.39 is 11.4 Å². The quantitative estimate of drug-likeness (QED) is 0.597. The zero-order valence-corrected chi connectivity index (χ0v) is 10.4. The van der Waals surface area contributed by atoms with Gasteiger partial charge in [0.2, 0.25) is 5.91 Å². The first-order valence-corrected chi connectivity index (χ1v) is 5.44. The van der Waals surface area contributed by atoms with Crippen molar-refractivity contribution in [2.75, 3.05) is 6.54 Å². The van der Waals surface area contributed by atoms with E-state index in [2.05, 4.69) is 15.6 Å². The summed E-state index contributed by atoms with van der Waals surface area (Å²) in [7, 11) is 0. The maximum absolute atomic E-state index is 11.6. The summed E-state index contributed by atoms with van der Waals surface area (Å²) in [6.45, 7) is 3.38. The molecule has 0 saturated heterocycles. The van der Waals surface area contributed by atoms with Gasteiger partial charge in [0.25, 0.3) is 0 Å². The van der Waals surface area contributed by atoms with Gasteiger partial charge in [-0.1, -0.05) is 5.21 Å². The molecule has 0 fully saturated rings. The molecule has 1 amide bonds. The van der Waals surface area contributed by atoms with Gasteiger partial charge in [-0.3, -0.25) is 9.59 Å². The Kier molecular flexibility index (Phi) is 4.38. The summed E-state index contributed by atoms with van der Waals surface area (Å²) < 4.78 is 1.35. The van der Waals surface area contributed by atoms with Crippen LogP contribution in [0.25, 0.3) is 0 Å². The highest BCUT2D eigenvalue weighted by atomic mass is 16.4. The molecule has 0 aliphatic rings. The summed E-state index contributed by atoms with van der Waals surface area (Å²) >= 11 is 0. The van der Waals surface area contributed by atoms with Crippen molar-refractivity contribution in [3.63, 3.8) is 0 Å². The number of nitrogens with zero attached hydrogens (tertiary/aromatic N) is 3. The first-order valence-electron chi connectivity index (χ1n) is 5.44. The monoisotopic (exact) mass is 255 g/mol. The molecule has 1 aromatic heterocycles. The van der Waals surface area contributed by atoms with E-state index in [0.29, 0.717) is 5.69 Å². The lowest BCUT2D eigenvalue weighted by Crippen LogP contribution is -2.40. The molecule has 4 N–H and O–H groups in total. The van der Waals surface area contributed by atoms with Gasteiger partial charge in [-0.05, 0) is 13.8 Å². The zero-order chi connectivity index (χ0) is 13.8. The van der Waals surface area contributed by atoms with Crippen LogP contribution in [-0.2, 0) is 22.7 Å². The molecule has 1 aromatic rings. The van der Waals surface area contributed by atoms with E-state index in [1.54, 1.807) is 6.20 Å². The lowest BCUT2D eigenvalue weighted by Gasteiger charge is -2.19. The van der Waals surface area contributed by atoms with Crippen molar-refractivity contribution in [3.8, 4) is 0 Å². The van der Waals surface area contributed by atoms with Crippen LogP contribution in [0.4, 0.5) is 0 Å². The van der Waals surface area contributed by atoms with Crippen molar-refractivity contribution in [2.45, 2.75) is 26.9 Å². The molecule has 8 nitrogen and oxygen atoms in total. The third-order valence-electron chi connectivity index (χ3n) is 2.41. The Morgan fingerprint density at radius 2 is 2.22 bits per heavy atom. The van der Waals surface area contributed by atoms with E-state index in [-0.39, 0.29) is 25.5 Å². The van der Waals surface area contributed by atoms with Gasteiger partial charge < -0.3 is 16.2 Å². The first kappa shape index (κ1) is 14.1. The third-order valence-corrected chi connectivity index (χ3v) is 2.41. The third kappa shape index (κ3) is 3.81. The van der Waals surface area contributed by atoms with Crippen LogP contribution in [0.15, 0.2) is 6.20 Å². The Morgan fingerprint density at radius 3 is 2.72 bits per heavy atom. The second-order valence-corrected chi connectivity index (χ2v) is 4.58. The minimum absolute atomic E-state index is 0.0112. The Balaban J connectivity index is 2.45. The second-order valence-electron chi connectivity index (χ2n) is 4.58. The molecule has 0 aromatic carbocycles. The van der Waals surface area contributed by atoms with Gasteiger partial charge in [-0.15, -0.1) is 5.10 Å². The van der Waals surface area contributed by atoms with Crippen molar-refractivity contribution >= 4 is 11.9 Å². The van der Waals surface area contributed by atoms with E-state index in [0.717, 1.165) is 0 Å². The molecule has 1 rings (SSSR count). The average molecular weight is 255 g/mol. The number of amides is 1. The van der Waals surface area contributed by atoms with Crippen molar-refractivity contribution in [1.82, 2.24) is 20.3 Å². The molecule has 1 heterocycles. The Morgan fingerprint density at radius 1 is 1.56 bits per heavy atom. The van der Waals surface area contributed by atoms with Crippen LogP contribution in [0.1, 0.15) is 19.5 Å². The maximum Gasteiger partial charge on any atom is 0.310 e. The lowest BCUT2D eigenvalue weighted by atomic mass is 9.94. The number of hydrogen-bond acceptors (Lipinski definition) is 5. The number of nitrogens with one attached hydrogen (secondary N) is 1. The van der Waals surface area contributed by atoms with Gasteiger partial charge in [0.05, 0.1) is 17.3 Å². The SMILES string of the molecule is CC(C)(CNC(=O)Cn1cc(CN)nn1)C(=O)O. The van der Waals surface area contributed by atoms with Gasteiger partial charge in [0.15, 0.2) is 0 Å². The van der Waals surface area contributed by atoms with Gasteiger partial charge in [0.1, 0.15) is 6.54 Å². The predicted molar refractivity (Wildman–Crippen MR) is 62.3 cm³/mol. The highest BCUT2D eigenvalue weighted by molar-refractivity contribution is 5.78. The van der Waals surface area contributed by atoms with Crippen molar-refractivity contribution in [2.24, 2.45) is 11.1 Å². The van der Waals surface area contributed by atoms with E-state index >= 15 is 0 Å². The maximum atomic E-state index is 11.6. The average Bonchev–Trinajstić information content (AvgIpc) is 2.74. The van der Waals surface area contributed by atoms with Crippen LogP contribution in [-0.4, -0.2) is 38.5 Å². The molecular weight excluding hydrogens is 238 g/mol. The van der Waals surface area contributed by atoms with Gasteiger partial charge >= 0.3 is 5.97 Å². The standard InChI is InChI=1S/C10H17N5O3/c1-10(2,9(17)18)6-12-8(16)5-15-4-7(3-11)13-14-15/h4H,3,5-6,11H2,1-2H3,(H,12,16)(H,17,18). The number of aliphatic carboxylic acids is 1. The van der Waals surface area contributed by atoms with Crippen LogP contribution in [0.2, 0.25) is 0 Å². The number of hydrogen-bond donors (Lipinski definition) is 3. The van der Waals surface area contributed by atoms with Crippen LogP contribution < -0.4 is 11.1 Å². The van der Waals surface area contributed by atoms with E-state index in [1.807, 2.05) is 0 Å². The summed E-state index contributed by atoms with van der Waals surface area (Å²) in [5, 5.41) is 18.9. The molecule has 0 radical (unpaired) electrons. The summed E-state index contributed by atoms with van der Waals surface area (Å²) in [6.07, 6.45) is 1.57. The molecule has 0 aliphatic heterocycles. The summed E-state index contributed by atoms with van der Waals surface area (Å²) in [4.78, 5) is 22.4. The molecule has 0 saturated carbocycles. The normalized spacial score (nSPS) is 11.3. The molecule has 0 atom stereocenters. The predicted octanol–water partition coefficient (Wildman–Crippen LogP) is -1.04. The minimum Gasteiger partial charge on any atom is -0.481 e. The molecule has 0 spiro atoms. The van der Waals surface area contributed by atoms with Gasteiger partial charge in [0, 0.05) is 13.1 Å². The van der Waals surface area contributed by atoms with Crippen LogP contribution in [0.5, 0.6) is 0 Å². The van der Waals surface area contributed by atoms with Crippen LogP contribution in [0, 0.1) is 5.41 Å². The lowest BCUT2D eigenvalue weighted by molar-refractivity contribution is -0.146. The molecule has 18 heavy (non-hydrogen) atoms.